The van der Waals surface area contributed by atoms with Gasteiger partial charge in [0.05, 0.1) is 28.2 Å². The second-order valence-electron chi connectivity index (χ2n) is 12.5. The predicted octanol–water partition coefficient (Wildman–Crippen LogP) is 9.09. The van der Waals surface area contributed by atoms with Crippen LogP contribution in [-0.2, 0) is 0 Å². The standard InChI is InChI=1S/C41H25BN2O2/c1-3-11-26(12-4-1)28-19-21-30-34(23-28)40-32-15-7-9-17-38(32)45-42-43(40)36(30)25-37-31-22-20-29(27-13-5-2-6-14-27)24-35(31)41(44(37)42)33-16-8-10-18-39(33)46-42/h1-25H. The molecule has 0 bridgehead atoms. The number of para-hydroxylation sites is 2. The van der Waals surface area contributed by atoms with Gasteiger partial charge in [0.2, 0.25) is 0 Å². The molecule has 4 aliphatic heterocycles. The normalized spacial score (nSPS) is 17.6. The maximum Gasteiger partial charge on any atom is 0.780 e. The van der Waals surface area contributed by atoms with Crippen molar-refractivity contribution in [2.45, 2.75) is 0 Å². The molecule has 0 saturated heterocycles. The molecule has 5 heterocycles. The summed E-state index contributed by atoms with van der Waals surface area (Å²) in [5.74, 6) is 1.65. The minimum absolute atomic E-state index is 0.826. The van der Waals surface area contributed by atoms with Gasteiger partial charge in [-0.3, -0.25) is 0 Å². The van der Waals surface area contributed by atoms with E-state index in [1.54, 1.807) is 0 Å². The highest BCUT2D eigenvalue weighted by Gasteiger charge is 2.64. The molecular formula is C41H25BN2O2. The van der Waals surface area contributed by atoms with E-state index in [0.29, 0.717) is 0 Å². The first-order valence-corrected chi connectivity index (χ1v) is 15.8. The first-order chi connectivity index (χ1) is 22.8. The van der Waals surface area contributed by atoms with Crippen LogP contribution in [0.2, 0.25) is 0 Å². The molecule has 0 aliphatic carbocycles. The second kappa shape index (κ2) is 8.55. The second-order valence-corrected chi connectivity index (χ2v) is 12.5. The van der Waals surface area contributed by atoms with Crippen molar-refractivity contribution in [2.75, 3.05) is 0 Å². The van der Waals surface area contributed by atoms with E-state index in [1.165, 1.54) is 44.2 Å². The highest BCUT2D eigenvalue weighted by molar-refractivity contribution is 6.65. The van der Waals surface area contributed by atoms with Crippen LogP contribution in [0.5, 0.6) is 11.5 Å². The lowest BCUT2D eigenvalue weighted by Gasteiger charge is -2.46. The van der Waals surface area contributed by atoms with Gasteiger partial charge in [0.15, 0.2) is 11.4 Å². The van der Waals surface area contributed by atoms with Crippen molar-refractivity contribution in [3.8, 4) is 45.0 Å². The molecule has 214 valence electrons. The molecule has 1 aromatic heterocycles. The molecule has 4 aliphatic rings. The van der Waals surface area contributed by atoms with Crippen LogP contribution in [0.15, 0.2) is 146 Å². The molecule has 1 spiro atoms. The summed E-state index contributed by atoms with van der Waals surface area (Å²) in [7, 11) is 0. The Morgan fingerprint density at radius 1 is 0.478 bits per heavy atom. The summed E-state index contributed by atoms with van der Waals surface area (Å²) in [6.07, 6.45) is 2.34. The van der Waals surface area contributed by atoms with Gasteiger partial charge in [-0.05, 0) is 64.7 Å². The van der Waals surface area contributed by atoms with Crippen molar-refractivity contribution >= 4 is 35.1 Å². The van der Waals surface area contributed by atoms with E-state index in [0.717, 1.165) is 45.4 Å². The Kier molecular flexibility index (Phi) is 4.51. The van der Waals surface area contributed by atoms with E-state index in [4.69, 9.17) is 9.31 Å². The Bertz CT molecular complexity index is 2530. The molecule has 0 amide bonds. The monoisotopic (exact) mass is 588 g/mol. The van der Waals surface area contributed by atoms with Gasteiger partial charge >= 0.3 is 6.82 Å². The number of nitrogens with zero attached hydrogens (tertiary/aromatic N) is 2. The van der Waals surface area contributed by atoms with Crippen LogP contribution in [-0.4, -0.2) is 21.5 Å². The molecule has 6 aromatic carbocycles. The molecule has 0 saturated carbocycles. The van der Waals surface area contributed by atoms with Crippen LogP contribution in [0.1, 0.15) is 22.4 Å². The van der Waals surface area contributed by atoms with Crippen LogP contribution < -0.4 is 9.31 Å². The highest BCUT2D eigenvalue weighted by Crippen LogP contribution is 2.53. The van der Waals surface area contributed by atoms with E-state index >= 15 is 0 Å². The SMILES string of the molecule is C1=C2c3ccc(-c4ccccc4)cc3C3=[N+]2[B-]2(Oc4ccccc43)Oc3ccccc3-c3c4cc(-c5ccccc5)ccc4c1n32. The highest BCUT2D eigenvalue weighted by atomic mass is 16.6. The zero-order valence-corrected chi connectivity index (χ0v) is 24.7. The average Bonchev–Trinajstić information content (AvgIpc) is 3.64. The fraction of sp³-hybridized carbons (Fsp3) is 0. The summed E-state index contributed by atoms with van der Waals surface area (Å²) in [5.41, 5.74) is 13.7. The van der Waals surface area contributed by atoms with Crippen molar-refractivity contribution in [2.24, 2.45) is 0 Å². The molecule has 1 atom stereocenters. The summed E-state index contributed by atoms with van der Waals surface area (Å²) in [5, 5.41) is 2.37. The summed E-state index contributed by atoms with van der Waals surface area (Å²) >= 11 is 0. The van der Waals surface area contributed by atoms with Crippen LogP contribution in [0, 0.1) is 0 Å². The Labute approximate surface area is 265 Å². The van der Waals surface area contributed by atoms with E-state index < -0.39 is 6.82 Å². The predicted molar refractivity (Wildman–Crippen MR) is 185 cm³/mol. The van der Waals surface area contributed by atoms with Gasteiger partial charge in [-0.1, -0.05) is 103 Å². The molecule has 0 fully saturated rings. The van der Waals surface area contributed by atoms with Crippen molar-refractivity contribution < 1.29 is 13.8 Å². The third-order valence-electron chi connectivity index (χ3n) is 10.1. The zero-order chi connectivity index (χ0) is 30.0. The topological polar surface area (TPSA) is 26.4 Å². The van der Waals surface area contributed by atoms with Gasteiger partial charge in [0.1, 0.15) is 0 Å². The van der Waals surface area contributed by atoms with E-state index in [9.17, 15) is 0 Å². The lowest BCUT2D eigenvalue weighted by molar-refractivity contribution is -0.330. The Balaban J connectivity index is 1.27. The fourth-order valence-electron chi connectivity index (χ4n) is 8.17. The number of aromatic nitrogens is 1. The van der Waals surface area contributed by atoms with Gasteiger partial charge in [-0.25, -0.2) is 0 Å². The van der Waals surface area contributed by atoms with Crippen molar-refractivity contribution in [3.05, 3.63) is 168 Å². The minimum Gasteiger partial charge on any atom is -0.601 e. The number of hydrogen-bond acceptors (Lipinski definition) is 2. The van der Waals surface area contributed by atoms with Crippen molar-refractivity contribution in [1.82, 2.24) is 4.48 Å². The Morgan fingerprint density at radius 3 is 1.83 bits per heavy atom. The van der Waals surface area contributed by atoms with Crippen LogP contribution in [0.3, 0.4) is 0 Å². The maximum atomic E-state index is 7.23. The molecule has 4 nitrogen and oxygen atoms in total. The van der Waals surface area contributed by atoms with E-state index in [2.05, 4.69) is 161 Å². The van der Waals surface area contributed by atoms with Gasteiger partial charge in [0.25, 0.3) is 0 Å². The Morgan fingerprint density at radius 2 is 1.09 bits per heavy atom. The lowest BCUT2D eigenvalue weighted by Crippen LogP contribution is -2.69. The fourth-order valence-corrected chi connectivity index (χ4v) is 8.17. The van der Waals surface area contributed by atoms with Crippen LogP contribution >= 0.6 is 0 Å². The first kappa shape index (κ1) is 24.3. The molecule has 0 radical (unpaired) electrons. The van der Waals surface area contributed by atoms with Crippen LogP contribution in [0.4, 0.5) is 0 Å². The maximum absolute atomic E-state index is 7.23. The zero-order valence-electron chi connectivity index (χ0n) is 24.7. The average molecular weight is 588 g/mol. The van der Waals surface area contributed by atoms with Crippen molar-refractivity contribution in [1.29, 1.82) is 0 Å². The summed E-state index contributed by atoms with van der Waals surface area (Å²) < 4.78 is 19.2. The first-order valence-electron chi connectivity index (χ1n) is 15.8. The number of rotatable bonds is 2. The quantitative estimate of drug-likeness (QED) is 0.188. The molecule has 5 heteroatoms. The number of benzene rings is 6. The van der Waals surface area contributed by atoms with Crippen LogP contribution in [0.25, 0.3) is 56.1 Å². The van der Waals surface area contributed by atoms with Gasteiger partial charge < -0.3 is 18.3 Å². The van der Waals surface area contributed by atoms with Gasteiger partial charge in [0, 0.05) is 33.8 Å². The summed E-state index contributed by atoms with van der Waals surface area (Å²) in [4.78, 5) is 0. The lowest BCUT2D eigenvalue weighted by atomic mass is 9.77. The summed E-state index contributed by atoms with van der Waals surface area (Å²) in [6, 6.07) is 51.7. The smallest absolute Gasteiger partial charge is 0.601 e. The molecular weight excluding hydrogens is 563 g/mol. The molecule has 11 rings (SSSR count). The number of fused-ring (bicyclic) bond motifs is 10. The summed E-state index contributed by atoms with van der Waals surface area (Å²) in [6.45, 7) is -2.26. The van der Waals surface area contributed by atoms with E-state index in [1.807, 2.05) is 0 Å². The number of hydrogen-bond donors (Lipinski definition) is 0. The molecule has 7 aromatic rings. The van der Waals surface area contributed by atoms with Gasteiger partial charge in [-0.2, -0.15) is 0 Å². The largest absolute Gasteiger partial charge is 0.780 e. The molecule has 46 heavy (non-hydrogen) atoms. The molecule has 0 N–H and O–H groups in total. The Hall–Kier alpha value is -6.07. The molecule has 1 unspecified atom stereocenters. The van der Waals surface area contributed by atoms with E-state index in [-0.39, 0.29) is 0 Å². The third kappa shape index (κ3) is 2.97. The van der Waals surface area contributed by atoms with Crippen molar-refractivity contribution in [3.63, 3.8) is 0 Å². The van der Waals surface area contributed by atoms with Gasteiger partial charge in [-0.15, -0.1) is 0 Å². The third-order valence-corrected chi connectivity index (χ3v) is 10.1. The minimum atomic E-state index is -2.26.